The van der Waals surface area contributed by atoms with E-state index in [1.807, 2.05) is 16.8 Å². The predicted octanol–water partition coefficient (Wildman–Crippen LogP) is 6.24. The molecule has 0 unspecified atom stereocenters. The Morgan fingerprint density at radius 3 is 2.23 bits per heavy atom. The van der Waals surface area contributed by atoms with Crippen molar-refractivity contribution in [3.8, 4) is 0 Å². The summed E-state index contributed by atoms with van der Waals surface area (Å²) in [6.07, 6.45) is 6.63. The molecule has 2 saturated carbocycles. The lowest BCUT2D eigenvalue weighted by molar-refractivity contribution is -0.137. The van der Waals surface area contributed by atoms with E-state index in [4.69, 9.17) is 0 Å². The fraction of sp³-hybridized carbons (Fsp3) is 0.458. The monoisotopic (exact) mass is 414 g/mol. The molecule has 3 aromatic rings. The third kappa shape index (κ3) is 3.62. The summed E-state index contributed by atoms with van der Waals surface area (Å²) in [5, 5.41) is 11.3. The standard InChI is InChI=1S/C24H25F3N2O/c25-24(26,27)19-9-7-16(8-10-19)15-1-5-18(6-2-15)23(30)22-20(17-3-4-17)11-12-29-14-28-13-21(22)29/h7-15,17-18,23,30H,1-6H2/t15?,18?,23-/m0/s1. The molecule has 0 radical (unpaired) electrons. The third-order valence-electron chi connectivity index (χ3n) is 6.91. The van der Waals surface area contributed by atoms with Crippen LogP contribution in [0.1, 0.15) is 78.7 Å². The van der Waals surface area contributed by atoms with Gasteiger partial charge >= 0.3 is 6.18 Å². The van der Waals surface area contributed by atoms with E-state index >= 15 is 0 Å². The number of nitrogens with zero attached hydrogens (tertiary/aromatic N) is 2. The van der Waals surface area contributed by atoms with Gasteiger partial charge in [-0.15, -0.1) is 0 Å². The summed E-state index contributed by atoms with van der Waals surface area (Å²) in [5.74, 6) is 0.955. The number of aliphatic hydroxyl groups excluding tert-OH is 1. The maximum absolute atomic E-state index is 12.8. The van der Waals surface area contributed by atoms with Crippen LogP contribution in [0.3, 0.4) is 0 Å². The summed E-state index contributed by atoms with van der Waals surface area (Å²) in [7, 11) is 0. The van der Waals surface area contributed by atoms with Gasteiger partial charge in [0.1, 0.15) is 0 Å². The van der Waals surface area contributed by atoms with Crippen LogP contribution in [0.25, 0.3) is 5.52 Å². The number of halogens is 3. The molecular formula is C24H25F3N2O. The van der Waals surface area contributed by atoms with Crippen LogP contribution in [0.5, 0.6) is 0 Å². The number of aliphatic hydroxyl groups is 1. The Morgan fingerprint density at radius 1 is 0.933 bits per heavy atom. The van der Waals surface area contributed by atoms with Crippen LogP contribution in [-0.2, 0) is 6.18 Å². The summed E-state index contributed by atoms with van der Waals surface area (Å²) >= 11 is 0. The number of hydrogen-bond acceptors (Lipinski definition) is 2. The molecule has 1 N–H and O–H groups in total. The van der Waals surface area contributed by atoms with Crippen molar-refractivity contribution in [1.82, 2.24) is 9.38 Å². The molecule has 2 heterocycles. The van der Waals surface area contributed by atoms with Crippen LogP contribution >= 0.6 is 0 Å². The first kappa shape index (κ1) is 19.6. The number of pyridine rings is 1. The highest BCUT2D eigenvalue weighted by atomic mass is 19.4. The third-order valence-corrected chi connectivity index (χ3v) is 6.91. The zero-order valence-corrected chi connectivity index (χ0v) is 16.6. The highest BCUT2D eigenvalue weighted by Gasteiger charge is 2.35. The van der Waals surface area contributed by atoms with Gasteiger partial charge in [-0.1, -0.05) is 12.1 Å². The average Bonchev–Trinajstić information content (AvgIpc) is 3.48. The molecule has 6 heteroatoms. The Hall–Kier alpha value is -2.34. The topological polar surface area (TPSA) is 37.5 Å². The van der Waals surface area contributed by atoms with Crippen LogP contribution in [0.2, 0.25) is 0 Å². The van der Waals surface area contributed by atoms with Gasteiger partial charge in [0.15, 0.2) is 0 Å². The van der Waals surface area contributed by atoms with Crippen molar-refractivity contribution >= 4 is 5.52 Å². The maximum Gasteiger partial charge on any atom is 0.416 e. The number of benzene rings is 1. The fourth-order valence-corrected chi connectivity index (χ4v) is 5.05. The minimum atomic E-state index is -4.30. The maximum atomic E-state index is 12.8. The van der Waals surface area contributed by atoms with Crippen LogP contribution in [0.15, 0.2) is 49.1 Å². The van der Waals surface area contributed by atoms with E-state index in [0.717, 1.165) is 42.3 Å². The molecule has 0 saturated heterocycles. The van der Waals surface area contributed by atoms with Crippen LogP contribution in [0, 0.1) is 5.92 Å². The normalized spacial score (nSPS) is 23.6. The number of rotatable bonds is 4. The summed E-state index contributed by atoms with van der Waals surface area (Å²) < 4.78 is 40.4. The molecule has 5 rings (SSSR count). The van der Waals surface area contributed by atoms with E-state index in [0.29, 0.717) is 5.92 Å². The number of hydrogen-bond donors (Lipinski definition) is 1. The van der Waals surface area contributed by atoms with Crippen LogP contribution in [0.4, 0.5) is 13.2 Å². The van der Waals surface area contributed by atoms with Crippen molar-refractivity contribution in [2.75, 3.05) is 0 Å². The van der Waals surface area contributed by atoms with Crippen molar-refractivity contribution < 1.29 is 18.3 Å². The van der Waals surface area contributed by atoms with E-state index in [9.17, 15) is 18.3 Å². The van der Waals surface area contributed by atoms with Crippen molar-refractivity contribution in [2.45, 2.75) is 62.6 Å². The van der Waals surface area contributed by atoms with Gasteiger partial charge in [0.25, 0.3) is 0 Å². The first-order chi connectivity index (χ1) is 14.4. The number of aromatic nitrogens is 2. The van der Waals surface area contributed by atoms with Gasteiger partial charge in [0, 0.05) is 11.8 Å². The van der Waals surface area contributed by atoms with E-state index < -0.39 is 17.8 Å². The second-order valence-corrected chi connectivity index (χ2v) is 8.82. The summed E-state index contributed by atoms with van der Waals surface area (Å²) in [5.41, 5.74) is 3.62. The van der Waals surface area contributed by atoms with E-state index in [2.05, 4.69) is 11.1 Å². The highest BCUT2D eigenvalue weighted by molar-refractivity contribution is 5.59. The summed E-state index contributed by atoms with van der Waals surface area (Å²) in [4.78, 5) is 4.26. The molecule has 2 aliphatic carbocycles. The number of alkyl halides is 3. The van der Waals surface area contributed by atoms with Gasteiger partial charge in [-0.2, -0.15) is 13.2 Å². The molecule has 0 aliphatic heterocycles. The molecular weight excluding hydrogens is 389 g/mol. The van der Waals surface area contributed by atoms with E-state index in [1.54, 1.807) is 18.5 Å². The Morgan fingerprint density at radius 2 is 1.60 bits per heavy atom. The van der Waals surface area contributed by atoms with Crippen LogP contribution < -0.4 is 0 Å². The first-order valence-corrected chi connectivity index (χ1v) is 10.7. The van der Waals surface area contributed by atoms with Gasteiger partial charge in [-0.05, 0) is 85.6 Å². The Kier molecular flexibility index (Phi) is 4.85. The number of imidazole rings is 1. The average molecular weight is 414 g/mol. The highest BCUT2D eigenvalue weighted by Crippen LogP contribution is 2.48. The van der Waals surface area contributed by atoms with Crippen molar-refractivity contribution in [2.24, 2.45) is 5.92 Å². The Balaban J connectivity index is 1.32. The molecule has 2 aromatic heterocycles. The zero-order valence-electron chi connectivity index (χ0n) is 16.6. The molecule has 0 bridgehead atoms. The van der Waals surface area contributed by atoms with Gasteiger partial charge in [-0.25, -0.2) is 4.98 Å². The van der Waals surface area contributed by atoms with Crippen molar-refractivity contribution in [1.29, 1.82) is 0 Å². The molecule has 1 atom stereocenters. The van der Waals surface area contributed by atoms with E-state index in [1.165, 1.54) is 30.5 Å². The SMILES string of the molecule is O[C@H](c1c(C2CC2)ccn2cncc12)C1CCC(c2ccc(C(F)(F)F)cc2)CC1. The van der Waals surface area contributed by atoms with E-state index in [-0.39, 0.29) is 11.8 Å². The summed E-state index contributed by atoms with van der Waals surface area (Å²) in [6.45, 7) is 0. The molecule has 30 heavy (non-hydrogen) atoms. The zero-order chi connectivity index (χ0) is 20.9. The molecule has 0 amide bonds. The Labute approximate surface area is 173 Å². The molecule has 2 fully saturated rings. The lowest BCUT2D eigenvalue weighted by Gasteiger charge is -2.33. The quantitative estimate of drug-likeness (QED) is 0.549. The predicted molar refractivity (Wildman–Crippen MR) is 108 cm³/mol. The second-order valence-electron chi connectivity index (χ2n) is 8.82. The fourth-order valence-electron chi connectivity index (χ4n) is 5.05. The lowest BCUT2D eigenvalue weighted by Crippen LogP contribution is -2.21. The minimum Gasteiger partial charge on any atom is -0.388 e. The first-order valence-electron chi connectivity index (χ1n) is 10.7. The van der Waals surface area contributed by atoms with Gasteiger partial charge in [0.2, 0.25) is 0 Å². The van der Waals surface area contributed by atoms with Gasteiger partial charge in [-0.3, -0.25) is 0 Å². The Bertz CT molecular complexity index is 1030. The number of fused-ring (bicyclic) bond motifs is 1. The molecule has 3 nitrogen and oxygen atoms in total. The van der Waals surface area contributed by atoms with Crippen molar-refractivity contribution in [3.05, 3.63) is 71.3 Å². The summed E-state index contributed by atoms with van der Waals surface area (Å²) in [6, 6.07) is 7.71. The largest absolute Gasteiger partial charge is 0.416 e. The lowest BCUT2D eigenvalue weighted by atomic mass is 9.74. The molecule has 158 valence electrons. The smallest absolute Gasteiger partial charge is 0.388 e. The minimum absolute atomic E-state index is 0.161. The molecule has 1 aromatic carbocycles. The van der Waals surface area contributed by atoms with Gasteiger partial charge in [0.05, 0.1) is 29.7 Å². The van der Waals surface area contributed by atoms with Crippen LogP contribution in [-0.4, -0.2) is 14.5 Å². The molecule has 0 spiro atoms. The van der Waals surface area contributed by atoms with Crippen molar-refractivity contribution in [3.63, 3.8) is 0 Å². The second kappa shape index (κ2) is 7.41. The van der Waals surface area contributed by atoms with Gasteiger partial charge < -0.3 is 9.51 Å². The molecule has 2 aliphatic rings.